The Kier molecular flexibility index (Phi) is 4.87. The molecule has 0 aromatic carbocycles. The van der Waals surface area contributed by atoms with Gasteiger partial charge in [-0.1, -0.05) is 0 Å². The number of piperidine rings is 1. The summed E-state index contributed by atoms with van der Waals surface area (Å²) in [7, 11) is -2.08. The molecule has 0 spiro atoms. The standard InChI is InChI=1S/C18H24N4OS/c1-14-4-8-19-17(12-14)21-18-13-16(5-9-20-18)15-6-10-22(11-7-15)24(2,3)23/h4-5,8-9,12-13,15H,2,6-7,10-11H2,1,3H3,(H,19,20,21). The van der Waals surface area contributed by atoms with Crippen molar-refractivity contribution in [1.29, 1.82) is 0 Å². The Morgan fingerprint density at radius 1 is 1.17 bits per heavy atom. The molecule has 0 amide bonds. The maximum atomic E-state index is 12.1. The number of aromatic nitrogens is 2. The molecule has 1 aliphatic rings. The summed E-state index contributed by atoms with van der Waals surface area (Å²) in [5, 5.41) is 3.27. The number of anilines is 2. The van der Waals surface area contributed by atoms with Crippen LogP contribution < -0.4 is 5.32 Å². The fourth-order valence-corrected chi connectivity index (χ4v) is 4.06. The van der Waals surface area contributed by atoms with E-state index in [4.69, 9.17) is 0 Å². The molecule has 5 nitrogen and oxygen atoms in total. The summed E-state index contributed by atoms with van der Waals surface area (Å²) in [6, 6.07) is 8.14. The van der Waals surface area contributed by atoms with Gasteiger partial charge in [-0.3, -0.25) is 4.21 Å². The van der Waals surface area contributed by atoms with Gasteiger partial charge in [0.25, 0.3) is 0 Å². The van der Waals surface area contributed by atoms with Gasteiger partial charge in [-0.05, 0) is 66.9 Å². The topological polar surface area (TPSA) is 58.1 Å². The van der Waals surface area contributed by atoms with Crippen LogP contribution in [-0.2, 0) is 9.71 Å². The Morgan fingerprint density at radius 3 is 2.42 bits per heavy atom. The van der Waals surface area contributed by atoms with Crippen molar-refractivity contribution in [3.63, 3.8) is 0 Å². The smallest absolute Gasteiger partial charge is 0.131 e. The lowest BCUT2D eigenvalue weighted by Gasteiger charge is -2.32. The van der Waals surface area contributed by atoms with Crippen LogP contribution in [0, 0.1) is 6.92 Å². The molecule has 6 heteroatoms. The normalized spacial score (nSPS) is 18.9. The van der Waals surface area contributed by atoms with Crippen molar-refractivity contribution in [2.24, 2.45) is 0 Å². The molecule has 128 valence electrons. The second kappa shape index (κ2) is 6.91. The van der Waals surface area contributed by atoms with E-state index >= 15 is 0 Å². The molecule has 1 unspecified atom stereocenters. The highest BCUT2D eigenvalue weighted by Gasteiger charge is 2.23. The van der Waals surface area contributed by atoms with Crippen molar-refractivity contribution in [2.75, 3.05) is 24.7 Å². The van der Waals surface area contributed by atoms with Crippen LogP contribution in [0.25, 0.3) is 0 Å². The van der Waals surface area contributed by atoms with Crippen molar-refractivity contribution < 1.29 is 4.21 Å². The van der Waals surface area contributed by atoms with Crippen molar-refractivity contribution in [1.82, 2.24) is 14.3 Å². The van der Waals surface area contributed by atoms with E-state index in [1.807, 2.05) is 29.6 Å². The minimum atomic E-state index is -2.08. The monoisotopic (exact) mass is 344 g/mol. The Balaban J connectivity index is 1.70. The lowest BCUT2D eigenvalue weighted by atomic mass is 9.91. The van der Waals surface area contributed by atoms with Crippen molar-refractivity contribution in [2.45, 2.75) is 25.7 Å². The van der Waals surface area contributed by atoms with Crippen LogP contribution in [0.1, 0.15) is 29.9 Å². The Labute approximate surface area is 144 Å². The number of nitrogens with zero attached hydrogens (tertiary/aromatic N) is 3. The van der Waals surface area contributed by atoms with E-state index < -0.39 is 9.71 Å². The molecule has 0 bridgehead atoms. The third-order valence-corrected chi connectivity index (χ3v) is 5.88. The Hall–Kier alpha value is -1.92. The van der Waals surface area contributed by atoms with Crippen LogP contribution in [0.2, 0.25) is 0 Å². The van der Waals surface area contributed by atoms with Crippen molar-refractivity contribution in [3.8, 4) is 0 Å². The first kappa shape index (κ1) is 16.9. The number of hydrogen-bond donors (Lipinski definition) is 1. The zero-order valence-electron chi connectivity index (χ0n) is 14.2. The number of hydrogen-bond acceptors (Lipinski definition) is 4. The summed E-state index contributed by atoms with van der Waals surface area (Å²) in [5.74, 6) is 5.87. The summed E-state index contributed by atoms with van der Waals surface area (Å²) in [6.45, 7) is 3.70. The summed E-state index contributed by atoms with van der Waals surface area (Å²) >= 11 is 0. The molecule has 0 radical (unpaired) electrons. The fourth-order valence-electron chi connectivity index (χ4n) is 3.08. The molecule has 2 aromatic rings. The van der Waals surface area contributed by atoms with Crippen molar-refractivity contribution in [3.05, 3.63) is 47.8 Å². The summed E-state index contributed by atoms with van der Waals surface area (Å²) < 4.78 is 14.1. The number of pyridine rings is 2. The average Bonchev–Trinajstić information content (AvgIpc) is 2.54. The molecule has 0 saturated carbocycles. The molecule has 1 atom stereocenters. The van der Waals surface area contributed by atoms with Gasteiger partial charge in [0.1, 0.15) is 11.6 Å². The summed E-state index contributed by atoms with van der Waals surface area (Å²) in [5.41, 5.74) is 2.43. The van der Waals surface area contributed by atoms with E-state index in [-0.39, 0.29) is 0 Å². The van der Waals surface area contributed by atoms with Crippen LogP contribution in [-0.4, -0.2) is 43.7 Å². The van der Waals surface area contributed by atoms with Gasteiger partial charge >= 0.3 is 0 Å². The number of rotatable bonds is 4. The minimum Gasteiger partial charge on any atom is -0.325 e. The zero-order valence-corrected chi connectivity index (χ0v) is 15.1. The third-order valence-electron chi connectivity index (χ3n) is 4.43. The van der Waals surface area contributed by atoms with Crippen LogP contribution >= 0.6 is 0 Å². The van der Waals surface area contributed by atoms with Gasteiger partial charge in [-0.25, -0.2) is 14.3 Å². The fraction of sp³-hybridized carbons (Fsp3) is 0.389. The first-order valence-electron chi connectivity index (χ1n) is 8.15. The average molecular weight is 344 g/mol. The molecule has 3 heterocycles. The first-order chi connectivity index (χ1) is 11.4. The van der Waals surface area contributed by atoms with Gasteiger partial charge in [0.05, 0.1) is 0 Å². The van der Waals surface area contributed by atoms with Crippen LogP contribution in [0.3, 0.4) is 0 Å². The highest BCUT2D eigenvalue weighted by Crippen LogP contribution is 2.30. The first-order valence-corrected chi connectivity index (χ1v) is 10.2. The second-order valence-electron chi connectivity index (χ2n) is 6.48. The molecule has 1 N–H and O–H groups in total. The summed E-state index contributed by atoms with van der Waals surface area (Å²) in [4.78, 5) is 8.71. The van der Waals surface area contributed by atoms with Crippen LogP contribution in [0.15, 0.2) is 36.7 Å². The lowest BCUT2D eigenvalue weighted by molar-refractivity contribution is 0.334. The molecular weight excluding hydrogens is 320 g/mol. The maximum absolute atomic E-state index is 12.1. The van der Waals surface area contributed by atoms with E-state index in [1.54, 1.807) is 12.5 Å². The zero-order chi connectivity index (χ0) is 17.2. The third kappa shape index (κ3) is 4.13. The van der Waals surface area contributed by atoms with Crippen LogP contribution in [0.5, 0.6) is 0 Å². The highest BCUT2D eigenvalue weighted by molar-refractivity contribution is 7.97. The second-order valence-corrected chi connectivity index (χ2v) is 8.92. The van der Waals surface area contributed by atoms with Gasteiger partial charge in [-0.2, -0.15) is 0 Å². The van der Waals surface area contributed by atoms with Gasteiger partial charge in [-0.15, -0.1) is 0 Å². The molecule has 2 aromatic heterocycles. The quantitative estimate of drug-likeness (QED) is 0.867. The molecule has 0 aliphatic carbocycles. The molecular formula is C18H24N4OS. The van der Waals surface area contributed by atoms with Gasteiger partial charge < -0.3 is 5.32 Å². The van der Waals surface area contributed by atoms with E-state index in [0.717, 1.165) is 43.1 Å². The molecule has 1 aliphatic heterocycles. The van der Waals surface area contributed by atoms with E-state index in [9.17, 15) is 4.21 Å². The predicted molar refractivity (Wildman–Crippen MR) is 101 cm³/mol. The van der Waals surface area contributed by atoms with Gasteiger partial charge in [0, 0.05) is 41.4 Å². The largest absolute Gasteiger partial charge is 0.325 e. The highest BCUT2D eigenvalue weighted by atomic mass is 32.2. The molecule has 3 rings (SSSR count). The molecule has 1 saturated heterocycles. The lowest BCUT2D eigenvalue weighted by Crippen LogP contribution is -2.37. The van der Waals surface area contributed by atoms with Gasteiger partial charge in [0.2, 0.25) is 0 Å². The maximum Gasteiger partial charge on any atom is 0.131 e. The van der Waals surface area contributed by atoms with Crippen molar-refractivity contribution >= 4 is 27.2 Å². The van der Waals surface area contributed by atoms with Crippen LogP contribution in [0.4, 0.5) is 11.6 Å². The van der Waals surface area contributed by atoms with Gasteiger partial charge in [0.15, 0.2) is 0 Å². The van der Waals surface area contributed by atoms with E-state index in [2.05, 4.69) is 33.3 Å². The SMILES string of the molecule is C=S(C)(=O)N1CCC(c2ccnc(Nc3cc(C)ccn3)c2)CC1. The van der Waals surface area contributed by atoms with E-state index in [0.29, 0.717) is 5.92 Å². The predicted octanol–water partition coefficient (Wildman–Crippen LogP) is 2.97. The molecule has 1 fully saturated rings. The Bertz CT molecular complexity index is 811. The number of nitrogens with one attached hydrogen (secondary N) is 1. The number of aryl methyl sites for hydroxylation is 1. The Morgan fingerprint density at radius 2 is 1.79 bits per heavy atom. The minimum absolute atomic E-state index is 0.469. The van der Waals surface area contributed by atoms with E-state index in [1.165, 1.54) is 5.56 Å². The summed E-state index contributed by atoms with van der Waals surface area (Å²) in [6.07, 6.45) is 7.33. The molecule has 24 heavy (non-hydrogen) atoms.